The highest BCUT2D eigenvalue weighted by atomic mass is 16.5. The Morgan fingerprint density at radius 3 is 2.09 bits per heavy atom. The van der Waals surface area contributed by atoms with E-state index in [2.05, 4.69) is 102 Å². The zero-order valence-corrected chi connectivity index (χ0v) is 23.7. The van der Waals surface area contributed by atoms with Crippen LogP contribution in [0.2, 0.25) is 0 Å². The number of aryl methyl sites for hydroxylation is 1. The number of aliphatic imine (C=N–C) groups is 1. The summed E-state index contributed by atoms with van der Waals surface area (Å²) in [7, 11) is 0. The minimum atomic E-state index is -0.166. The Labute approximate surface area is 250 Å². The molecule has 0 saturated heterocycles. The highest BCUT2D eigenvalue weighted by molar-refractivity contribution is 6.18. The Bertz CT molecular complexity index is 1950. The van der Waals surface area contributed by atoms with Crippen LogP contribution in [0.4, 0.5) is 17.2 Å². The molecule has 0 N–H and O–H groups in total. The van der Waals surface area contributed by atoms with Gasteiger partial charge in [0, 0.05) is 5.56 Å². The van der Waals surface area contributed by atoms with E-state index < -0.39 is 0 Å². The number of anilines is 2. The number of nitrogens with zero attached hydrogens (tertiary/aromatic N) is 5. The monoisotopic (exact) mass is 559 g/mol. The molecule has 5 aromatic carbocycles. The summed E-state index contributed by atoms with van der Waals surface area (Å²) in [5, 5.41) is 5.05. The van der Waals surface area contributed by atoms with Crippen LogP contribution >= 0.6 is 0 Å². The van der Waals surface area contributed by atoms with Crippen molar-refractivity contribution in [1.82, 2.24) is 9.78 Å². The maximum atomic E-state index is 6.30. The number of benzene rings is 5. The van der Waals surface area contributed by atoms with E-state index in [1.54, 1.807) is 0 Å². The molecule has 0 saturated carbocycles. The van der Waals surface area contributed by atoms with E-state index in [-0.39, 0.29) is 6.04 Å². The SMILES string of the molecule is Cc1nn(-c2ccccc2)c2c1C(c1cccc(Oc3ccccc3)c1)N1C(=N2)N(Cc2ccccc2)c2ccccc21. The zero-order chi connectivity index (χ0) is 28.8. The van der Waals surface area contributed by atoms with E-state index in [0.29, 0.717) is 6.54 Å². The summed E-state index contributed by atoms with van der Waals surface area (Å²) in [5.74, 6) is 3.32. The van der Waals surface area contributed by atoms with E-state index in [1.165, 1.54) is 5.56 Å². The van der Waals surface area contributed by atoms with Crippen molar-refractivity contribution in [2.75, 3.05) is 9.80 Å². The summed E-state index contributed by atoms with van der Waals surface area (Å²) >= 11 is 0. The molecule has 0 fully saturated rings. The van der Waals surface area contributed by atoms with Gasteiger partial charge in [-0.2, -0.15) is 10.1 Å². The van der Waals surface area contributed by atoms with E-state index in [9.17, 15) is 0 Å². The third kappa shape index (κ3) is 4.35. The summed E-state index contributed by atoms with van der Waals surface area (Å²) in [4.78, 5) is 10.1. The molecule has 0 spiro atoms. The summed E-state index contributed by atoms with van der Waals surface area (Å²) in [6.45, 7) is 2.78. The minimum Gasteiger partial charge on any atom is -0.457 e. The molecule has 6 heteroatoms. The molecule has 2 aliphatic heterocycles. The number of fused-ring (bicyclic) bond motifs is 4. The molecule has 2 aliphatic rings. The van der Waals surface area contributed by atoms with Crippen LogP contribution in [-0.4, -0.2) is 15.7 Å². The number of hydrogen-bond acceptors (Lipinski definition) is 5. The molecule has 0 aliphatic carbocycles. The Morgan fingerprint density at radius 1 is 0.674 bits per heavy atom. The molecule has 3 heterocycles. The Kier molecular flexibility index (Phi) is 6.04. The van der Waals surface area contributed by atoms with Crippen molar-refractivity contribution in [3.05, 3.63) is 162 Å². The second kappa shape index (κ2) is 10.3. The molecule has 6 aromatic rings. The first-order valence-corrected chi connectivity index (χ1v) is 14.5. The molecule has 0 radical (unpaired) electrons. The quantitative estimate of drug-likeness (QED) is 0.205. The van der Waals surface area contributed by atoms with Crippen molar-refractivity contribution < 1.29 is 4.74 Å². The van der Waals surface area contributed by atoms with Crippen LogP contribution in [-0.2, 0) is 6.54 Å². The highest BCUT2D eigenvalue weighted by Gasteiger charge is 2.44. The molecule has 208 valence electrons. The van der Waals surface area contributed by atoms with Crippen LogP contribution in [0.5, 0.6) is 11.5 Å². The van der Waals surface area contributed by atoms with Gasteiger partial charge in [-0.15, -0.1) is 0 Å². The van der Waals surface area contributed by atoms with E-state index in [4.69, 9.17) is 14.8 Å². The van der Waals surface area contributed by atoms with Crippen LogP contribution in [0.15, 0.2) is 145 Å². The molecule has 6 nitrogen and oxygen atoms in total. The third-order valence-electron chi connectivity index (χ3n) is 8.04. The topological polar surface area (TPSA) is 45.9 Å². The van der Waals surface area contributed by atoms with Crippen molar-refractivity contribution in [3.63, 3.8) is 0 Å². The van der Waals surface area contributed by atoms with Gasteiger partial charge in [0.1, 0.15) is 11.5 Å². The second-order valence-corrected chi connectivity index (χ2v) is 10.8. The maximum Gasteiger partial charge on any atom is 0.213 e. The van der Waals surface area contributed by atoms with Gasteiger partial charge < -0.3 is 9.64 Å². The van der Waals surface area contributed by atoms with Gasteiger partial charge in [0.05, 0.1) is 35.3 Å². The van der Waals surface area contributed by atoms with Gasteiger partial charge in [0.15, 0.2) is 5.82 Å². The van der Waals surface area contributed by atoms with Crippen molar-refractivity contribution in [2.45, 2.75) is 19.5 Å². The lowest BCUT2D eigenvalue weighted by atomic mass is 9.95. The van der Waals surface area contributed by atoms with Crippen molar-refractivity contribution in [2.24, 2.45) is 4.99 Å². The van der Waals surface area contributed by atoms with Crippen LogP contribution < -0.4 is 14.5 Å². The van der Waals surface area contributed by atoms with Crippen molar-refractivity contribution in [1.29, 1.82) is 0 Å². The fourth-order valence-corrected chi connectivity index (χ4v) is 6.15. The van der Waals surface area contributed by atoms with Gasteiger partial charge in [0.25, 0.3) is 0 Å². The van der Waals surface area contributed by atoms with E-state index in [0.717, 1.165) is 57.2 Å². The number of aromatic nitrogens is 2. The standard InChI is InChI=1S/C37H29N5O/c1-26-34-35(28-16-13-21-31(24-28)43-30-19-9-4-10-20-30)41-33-23-12-11-22-32(33)40(25-27-14-5-2-6-15-27)37(41)38-36(34)42(39-26)29-17-7-3-8-18-29/h2-24,35H,25H2,1H3. The van der Waals surface area contributed by atoms with Crippen LogP contribution in [0.1, 0.15) is 28.4 Å². The zero-order valence-electron chi connectivity index (χ0n) is 23.7. The second-order valence-electron chi connectivity index (χ2n) is 10.8. The maximum absolute atomic E-state index is 6.30. The molecule has 0 amide bonds. The molecule has 43 heavy (non-hydrogen) atoms. The summed E-state index contributed by atoms with van der Waals surface area (Å²) in [5.41, 5.74) is 7.59. The molecule has 1 atom stereocenters. The Hall–Kier alpha value is -5.62. The molecule has 1 aromatic heterocycles. The van der Waals surface area contributed by atoms with E-state index >= 15 is 0 Å². The number of hydrogen-bond donors (Lipinski definition) is 0. The molecule has 8 rings (SSSR count). The van der Waals surface area contributed by atoms with Gasteiger partial charge in [-0.1, -0.05) is 91.0 Å². The van der Waals surface area contributed by atoms with Gasteiger partial charge in [-0.3, -0.25) is 4.90 Å². The normalized spacial score (nSPS) is 15.0. The first kappa shape index (κ1) is 25.1. The van der Waals surface area contributed by atoms with Gasteiger partial charge in [-0.25, -0.2) is 4.68 Å². The average Bonchev–Trinajstić information content (AvgIpc) is 3.56. The third-order valence-corrected chi connectivity index (χ3v) is 8.04. The van der Waals surface area contributed by atoms with E-state index in [1.807, 2.05) is 59.3 Å². The Balaban J connectivity index is 1.33. The molecular weight excluding hydrogens is 530 g/mol. The van der Waals surface area contributed by atoms with Gasteiger partial charge in [-0.05, 0) is 66.6 Å². The summed E-state index contributed by atoms with van der Waals surface area (Å²) < 4.78 is 8.29. The van der Waals surface area contributed by atoms with Gasteiger partial charge in [0.2, 0.25) is 5.96 Å². The van der Waals surface area contributed by atoms with Crippen molar-refractivity contribution in [3.8, 4) is 17.2 Å². The van der Waals surface area contributed by atoms with Crippen LogP contribution in [0, 0.1) is 6.92 Å². The minimum absolute atomic E-state index is 0.166. The first-order valence-electron chi connectivity index (χ1n) is 14.5. The Morgan fingerprint density at radius 2 is 1.33 bits per heavy atom. The lowest BCUT2D eigenvalue weighted by Gasteiger charge is -2.35. The fourth-order valence-electron chi connectivity index (χ4n) is 6.15. The lowest BCUT2D eigenvalue weighted by Crippen LogP contribution is -2.42. The molecule has 1 unspecified atom stereocenters. The summed E-state index contributed by atoms with van der Waals surface area (Å²) in [6, 6.07) is 47.5. The van der Waals surface area contributed by atoms with Crippen LogP contribution in [0.25, 0.3) is 5.69 Å². The number of rotatable bonds is 6. The predicted molar refractivity (Wildman–Crippen MR) is 172 cm³/mol. The molecular formula is C37H29N5O. The number of guanidine groups is 1. The lowest BCUT2D eigenvalue weighted by molar-refractivity contribution is 0.481. The number of ether oxygens (including phenoxy) is 1. The van der Waals surface area contributed by atoms with Crippen molar-refractivity contribution >= 4 is 23.2 Å². The first-order chi connectivity index (χ1) is 21.2. The summed E-state index contributed by atoms with van der Waals surface area (Å²) in [6.07, 6.45) is 0. The fraction of sp³-hybridized carbons (Fsp3) is 0.0811. The van der Waals surface area contributed by atoms with Crippen LogP contribution in [0.3, 0.4) is 0 Å². The average molecular weight is 560 g/mol. The smallest absolute Gasteiger partial charge is 0.213 e. The highest BCUT2D eigenvalue weighted by Crippen LogP contribution is 2.51. The molecule has 0 bridgehead atoms. The largest absolute Gasteiger partial charge is 0.457 e. The number of para-hydroxylation sites is 4. The van der Waals surface area contributed by atoms with Gasteiger partial charge >= 0.3 is 0 Å². The predicted octanol–water partition coefficient (Wildman–Crippen LogP) is 8.59.